The van der Waals surface area contributed by atoms with E-state index in [0.717, 1.165) is 24.1 Å². The van der Waals surface area contributed by atoms with Gasteiger partial charge in [-0.1, -0.05) is 12.1 Å². The van der Waals surface area contributed by atoms with E-state index in [1.54, 1.807) is 24.3 Å². The molecule has 1 aliphatic heterocycles. The third-order valence-electron chi connectivity index (χ3n) is 5.14. The Morgan fingerprint density at radius 3 is 2.53 bits per heavy atom. The Morgan fingerprint density at radius 2 is 1.87 bits per heavy atom. The van der Waals surface area contributed by atoms with E-state index in [-0.39, 0.29) is 12.4 Å². The SMILES string of the molecule is CCOCCOC(=O)C1=C(C)NC2=C(C(=O)CCC2)[C@@H]1c1ccc(OC(C)=O)cc1. The highest BCUT2D eigenvalue weighted by Crippen LogP contribution is 2.42. The van der Waals surface area contributed by atoms with Crippen molar-refractivity contribution in [1.82, 2.24) is 5.32 Å². The molecule has 160 valence electrons. The number of esters is 2. The first kappa shape index (κ1) is 21.8. The van der Waals surface area contributed by atoms with Gasteiger partial charge in [-0.25, -0.2) is 4.79 Å². The van der Waals surface area contributed by atoms with E-state index in [0.29, 0.717) is 42.2 Å². The maximum Gasteiger partial charge on any atom is 0.336 e. The van der Waals surface area contributed by atoms with Crippen LogP contribution in [-0.4, -0.2) is 37.5 Å². The second-order valence-electron chi connectivity index (χ2n) is 7.26. The van der Waals surface area contributed by atoms with Gasteiger partial charge >= 0.3 is 11.9 Å². The molecule has 0 saturated carbocycles. The number of benzene rings is 1. The van der Waals surface area contributed by atoms with Gasteiger partial charge in [-0.2, -0.15) is 0 Å². The van der Waals surface area contributed by atoms with E-state index >= 15 is 0 Å². The summed E-state index contributed by atoms with van der Waals surface area (Å²) >= 11 is 0. The first-order valence-electron chi connectivity index (χ1n) is 10.2. The monoisotopic (exact) mass is 413 g/mol. The summed E-state index contributed by atoms with van der Waals surface area (Å²) in [4.78, 5) is 37.0. The topological polar surface area (TPSA) is 90.9 Å². The van der Waals surface area contributed by atoms with Crippen LogP contribution in [0, 0.1) is 0 Å². The van der Waals surface area contributed by atoms with E-state index in [9.17, 15) is 14.4 Å². The zero-order valence-corrected chi connectivity index (χ0v) is 17.6. The van der Waals surface area contributed by atoms with Gasteiger partial charge in [-0.15, -0.1) is 0 Å². The Morgan fingerprint density at radius 1 is 1.13 bits per heavy atom. The molecule has 7 heteroatoms. The van der Waals surface area contributed by atoms with Crippen molar-refractivity contribution in [3.05, 3.63) is 52.4 Å². The summed E-state index contributed by atoms with van der Waals surface area (Å²) < 4.78 is 15.8. The van der Waals surface area contributed by atoms with Gasteiger partial charge in [-0.3, -0.25) is 9.59 Å². The summed E-state index contributed by atoms with van der Waals surface area (Å²) in [6, 6.07) is 6.89. The number of dihydropyridines is 1. The molecule has 1 heterocycles. The van der Waals surface area contributed by atoms with Crippen LogP contribution in [0.4, 0.5) is 0 Å². The third-order valence-corrected chi connectivity index (χ3v) is 5.14. The highest BCUT2D eigenvalue weighted by atomic mass is 16.6. The van der Waals surface area contributed by atoms with Crippen molar-refractivity contribution in [2.45, 2.75) is 46.0 Å². The highest BCUT2D eigenvalue weighted by molar-refractivity contribution is 6.03. The van der Waals surface area contributed by atoms with Crippen LogP contribution in [0.3, 0.4) is 0 Å². The number of hydrogen-bond donors (Lipinski definition) is 1. The van der Waals surface area contributed by atoms with E-state index in [1.165, 1.54) is 6.92 Å². The lowest BCUT2D eigenvalue weighted by Crippen LogP contribution is -2.34. The van der Waals surface area contributed by atoms with E-state index in [1.807, 2.05) is 13.8 Å². The van der Waals surface area contributed by atoms with Gasteiger partial charge in [0.2, 0.25) is 0 Å². The van der Waals surface area contributed by atoms with Crippen LogP contribution in [0.5, 0.6) is 5.75 Å². The summed E-state index contributed by atoms with van der Waals surface area (Å²) in [5, 5.41) is 3.26. The smallest absolute Gasteiger partial charge is 0.336 e. The van der Waals surface area contributed by atoms with Crippen LogP contribution in [0.2, 0.25) is 0 Å². The zero-order chi connectivity index (χ0) is 21.7. The van der Waals surface area contributed by atoms with Crippen LogP contribution < -0.4 is 10.1 Å². The van der Waals surface area contributed by atoms with Gasteiger partial charge in [0.15, 0.2) is 5.78 Å². The Balaban J connectivity index is 1.96. The summed E-state index contributed by atoms with van der Waals surface area (Å²) in [5.41, 5.74) is 3.35. The normalized spacial score (nSPS) is 18.6. The second-order valence-corrected chi connectivity index (χ2v) is 7.26. The first-order valence-corrected chi connectivity index (χ1v) is 10.2. The number of hydrogen-bond acceptors (Lipinski definition) is 7. The second kappa shape index (κ2) is 9.71. The van der Waals surface area contributed by atoms with Gasteiger partial charge in [0.1, 0.15) is 12.4 Å². The van der Waals surface area contributed by atoms with Crippen molar-refractivity contribution in [1.29, 1.82) is 0 Å². The predicted molar refractivity (Wildman–Crippen MR) is 110 cm³/mol. The molecule has 0 amide bonds. The number of rotatable bonds is 7. The highest BCUT2D eigenvalue weighted by Gasteiger charge is 2.39. The molecule has 0 saturated heterocycles. The van der Waals surface area contributed by atoms with Gasteiger partial charge in [0.25, 0.3) is 0 Å². The summed E-state index contributed by atoms with van der Waals surface area (Å²) in [6.07, 6.45) is 1.99. The lowest BCUT2D eigenvalue weighted by Gasteiger charge is -2.34. The van der Waals surface area contributed by atoms with Crippen molar-refractivity contribution < 1.29 is 28.6 Å². The van der Waals surface area contributed by atoms with Crippen molar-refractivity contribution in [2.24, 2.45) is 0 Å². The molecule has 0 spiro atoms. The van der Waals surface area contributed by atoms with Gasteiger partial charge in [0, 0.05) is 42.8 Å². The third kappa shape index (κ3) is 4.79. The number of nitrogens with one attached hydrogen (secondary N) is 1. The molecule has 1 aromatic rings. The largest absolute Gasteiger partial charge is 0.460 e. The molecule has 0 radical (unpaired) electrons. The molecule has 0 aromatic heterocycles. The summed E-state index contributed by atoms with van der Waals surface area (Å²) in [6.45, 7) is 6.03. The standard InChI is InChI=1S/C23H27NO6/c1-4-28-12-13-29-23(27)20-14(2)24-18-6-5-7-19(26)22(18)21(20)16-8-10-17(11-9-16)30-15(3)25/h8-11,21,24H,4-7,12-13H2,1-3H3/t21-/m1/s1. The quantitative estimate of drug-likeness (QED) is 0.417. The Hall–Kier alpha value is -2.93. The van der Waals surface area contributed by atoms with E-state index in [4.69, 9.17) is 14.2 Å². The van der Waals surface area contributed by atoms with Crippen LogP contribution in [-0.2, 0) is 23.9 Å². The molecular weight excluding hydrogens is 386 g/mol. The molecule has 1 N–H and O–H groups in total. The van der Waals surface area contributed by atoms with Crippen molar-refractivity contribution in [3.63, 3.8) is 0 Å². The fourth-order valence-corrected chi connectivity index (χ4v) is 3.90. The van der Waals surface area contributed by atoms with Crippen molar-refractivity contribution in [2.75, 3.05) is 19.8 Å². The Labute approximate surface area is 176 Å². The molecule has 0 fully saturated rings. The number of Topliss-reactive ketones (excluding diaryl/α,β-unsaturated/α-hetero) is 1. The minimum Gasteiger partial charge on any atom is -0.460 e. The maximum absolute atomic E-state index is 13.0. The molecule has 0 bridgehead atoms. The summed E-state index contributed by atoms with van der Waals surface area (Å²) in [7, 11) is 0. The van der Waals surface area contributed by atoms with Gasteiger partial charge < -0.3 is 19.5 Å². The van der Waals surface area contributed by atoms with Gasteiger partial charge in [0.05, 0.1) is 12.2 Å². The number of allylic oxidation sites excluding steroid dienone is 3. The molecule has 1 atom stereocenters. The fourth-order valence-electron chi connectivity index (χ4n) is 3.90. The summed E-state index contributed by atoms with van der Waals surface area (Å²) in [5.74, 6) is -0.971. The molecule has 7 nitrogen and oxygen atoms in total. The predicted octanol–water partition coefficient (Wildman–Crippen LogP) is 3.16. The first-order chi connectivity index (χ1) is 14.4. The number of ketones is 1. The van der Waals surface area contributed by atoms with Gasteiger partial charge in [-0.05, 0) is 44.4 Å². The van der Waals surface area contributed by atoms with Crippen molar-refractivity contribution in [3.8, 4) is 5.75 Å². The molecule has 3 rings (SSSR count). The lowest BCUT2D eigenvalue weighted by atomic mass is 9.75. The Bertz CT molecular complexity index is 897. The average molecular weight is 413 g/mol. The molecule has 0 unspecified atom stereocenters. The fraction of sp³-hybridized carbons (Fsp3) is 0.435. The van der Waals surface area contributed by atoms with Crippen LogP contribution >= 0.6 is 0 Å². The zero-order valence-electron chi connectivity index (χ0n) is 17.6. The average Bonchev–Trinajstić information content (AvgIpc) is 2.70. The molecule has 2 aliphatic rings. The molecule has 30 heavy (non-hydrogen) atoms. The molecule has 1 aliphatic carbocycles. The van der Waals surface area contributed by atoms with Crippen LogP contribution in [0.15, 0.2) is 46.8 Å². The number of carbonyl (C=O) groups excluding carboxylic acids is 3. The Kier molecular flexibility index (Phi) is 7.05. The number of ether oxygens (including phenoxy) is 3. The minimum absolute atomic E-state index is 0.0323. The van der Waals surface area contributed by atoms with Crippen molar-refractivity contribution >= 4 is 17.7 Å². The lowest BCUT2D eigenvalue weighted by molar-refractivity contribution is -0.141. The minimum atomic E-state index is -0.528. The number of carbonyl (C=O) groups is 3. The molecule has 1 aromatic carbocycles. The van der Waals surface area contributed by atoms with Crippen LogP contribution in [0.1, 0.15) is 51.5 Å². The van der Waals surface area contributed by atoms with E-state index in [2.05, 4.69) is 5.32 Å². The van der Waals surface area contributed by atoms with Crippen LogP contribution in [0.25, 0.3) is 0 Å². The maximum atomic E-state index is 13.0. The van der Waals surface area contributed by atoms with E-state index < -0.39 is 17.9 Å². The molecular formula is C23H27NO6.